The van der Waals surface area contributed by atoms with Crippen LogP contribution in [0.2, 0.25) is 0 Å². The number of amides is 1. The van der Waals surface area contributed by atoms with E-state index in [1.165, 1.54) is 12.3 Å². The van der Waals surface area contributed by atoms with Crippen LogP contribution in [0.3, 0.4) is 0 Å². The summed E-state index contributed by atoms with van der Waals surface area (Å²) in [6.45, 7) is 0. The van der Waals surface area contributed by atoms with E-state index in [-0.39, 0.29) is 6.04 Å². The van der Waals surface area contributed by atoms with Crippen molar-refractivity contribution in [2.24, 2.45) is 11.7 Å². The maximum Gasteiger partial charge on any atom is 0.308 e. The fraction of sp³-hybridized carbons (Fsp3) is 0.500. The molecule has 0 aromatic carbocycles. The number of carbonyl (C=O) groups is 2. The first-order chi connectivity index (χ1) is 9.58. The Kier molecular flexibility index (Phi) is 4.55. The predicted molar refractivity (Wildman–Crippen MR) is 74.4 cm³/mol. The van der Waals surface area contributed by atoms with Crippen molar-refractivity contribution in [1.29, 1.82) is 0 Å². The molecule has 0 bridgehead atoms. The molecule has 108 valence electrons. The van der Waals surface area contributed by atoms with Crippen LogP contribution in [0.25, 0.3) is 0 Å². The number of nitrogens with two attached hydrogens (primary N) is 1. The molecule has 1 aliphatic rings. The fourth-order valence-electron chi connectivity index (χ4n) is 2.63. The second-order valence-electron chi connectivity index (χ2n) is 5.13. The molecule has 6 nitrogen and oxygen atoms in total. The number of nitrogens with one attached hydrogen (secondary N) is 1. The molecule has 0 saturated heterocycles. The van der Waals surface area contributed by atoms with Gasteiger partial charge in [-0.05, 0) is 25.0 Å². The Hall–Kier alpha value is -2.11. The molecule has 1 aromatic heterocycles. The van der Waals surface area contributed by atoms with E-state index in [0.29, 0.717) is 17.8 Å². The molecular weight excluding hydrogens is 258 g/mol. The molecule has 1 saturated carbocycles. The number of aromatic nitrogens is 1. The summed E-state index contributed by atoms with van der Waals surface area (Å²) in [7, 11) is 0. The summed E-state index contributed by atoms with van der Waals surface area (Å²) in [4.78, 5) is 26.6. The van der Waals surface area contributed by atoms with Crippen LogP contribution in [0.1, 0.15) is 42.5 Å². The zero-order valence-corrected chi connectivity index (χ0v) is 11.2. The average Bonchev–Trinajstić information content (AvgIpc) is 2.64. The van der Waals surface area contributed by atoms with Crippen LogP contribution >= 0.6 is 0 Å². The Bertz CT molecular complexity index is 504. The molecule has 1 heterocycles. The lowest BCUT2D eigenvalue weighted by Gasteiger charge is -2.23. The molecule has 6 heteroatoms. The highest BCUT2D eigenvalue weighted by Gasteiger charge is 2.29. The Morgan fingerprint density at radius 1 is 1.30 bits per heavy atom. The lowest BCUT2D eigenvalue weighted by Crippen LogP contribution is -2.34. The highest BCUT2D eigenvalue weighted by molar-refractivity contribution is 5.93. The quantitative estimate of drug-likeness (QED) is 0.725. The zero-order chi connectivity index (χ0) is 14.5. The van der Waals surface area contributed by atoms with Crippen molar-refractivity contribution >= 4 is 17.7 Å². The normalized spacial score (nSPS) is 22.8. The number of hydrogen-bond donors (Lipinski definition) is 3. The number of aliphatic carboxylic acids is 1. The monoisotopic (exact) mass is 277 g/mol. The summed E-state index contributed by atoms with van der Waals surface area (Å²) >= 11 is 0. The first kappa shape index (κ1) is 14.3. The minimum Gasteiger partial charge on any atom is -0.481 e. The second kappa shape index (κ2) is 6.36. The smallest absolute Gasteiger partial charge is 0.308 e. The summed E-state index contributed by atoms with van der Waals surface area (Å²) < 4.78 is 0. The van der Waals surface area contributed by atoms with Gasteiger partial charge >= 0.3 is 5.97 Å². The zero-order valence-electron chi connectivity index (χ0n) is 11.2. The third-order valence-corrected chi connectivity index (χ3v) is 3.71. The van der Waals surface area contributed by atoms with Gasteiger partial charge in [0.15, 0.2) is 0 Å². The van der Waals surface area contributed by atoms with Gasteiger partial charge in [0.25, 0.3) is 0 Å². The van der Waals surface area contributed by atoms with Crippen LogP contribution in [-0.4, -0.2) is 28.0 Å². The Labute approximate surface area is 117 Å². The van der Waals surface area contributed by atoms with Crippen molar-refractivity contribution in [3.8, 4) is 0 Å². The molecule has 2 unspecified atom stereocenters. The van der Waals surface area contributed by atoms with Crippen molar-refractivity contribution in [1.82, 2.24) is 4.98 Å². The van der Waals surface area contributed by atoms with Crippen LogP contribution in [0, 0.1) is 5.92 Å². The van der Waals surface area contributed by atoms with Crippen molar-refractivity contribution < 1.29 is 14.7 Å². The summed E-state index contributed by atoms with van der Waals surface area (Å²) in [6.07, 6.45) is 5.94. The number of carbonyl (C=O) groups excluding carboxylic acids is 1. The van der Waals surface area contributed by atoms with Gasteiger partial charge in [0.1, 0.15) is 5.82 Å². The van der Waals surface area contributed by atoms with Crippen LogP contribution in [0.15, 0.2) is 18.3 Å². The minimum absolute atomic E-state index is 0.161. The third-order valence-electron chi connectivity index (χ3n) is 3.71. The summed E-state index contributed by atoms with van der Waals surface area (Å²) in [5, 5.41) is 12.5. The number of primary amides is 1. The highest BCUT2D eigenvalue weighted by atomic mass is 16.4. The van der Waals surface area contributed by atoms with Crippen molar-refractivity contribution in [2.75, 3.05) is 5.32 Å². The van der Waals surface area contributed by atoms with Gasteiger partial charge in [-0.15, -0.1) is 0 Å². The van der Waals surface area contributed by atoms with Gasteiger partial charge in [0.2, 0.25) is 5.91 Å². The maximum atomic E-state index is 11.3. The van der Waals surface area contributed by atoms with Gasteiger partial charge in [-0.1, -0.05) is 19.3 Å². The molecule has 1 fully saturated rings. The summed E-state index contributed by atoms with van der Waals surface area (Å²) in [5.41, 5.74) is 5.59. The summed E-state index contributed by atoms with van der Waals surface area (Å²) in [6, 6.07) is 2.94. The third kappa shape index (κ3) is 3.46. The number of nitrogens with zero attached hydrogens (tertiary/aromatic N) is 1. The second-order valence-corrected chi connectivity index (χ2v) is 5.13. The molecule has 1 aliphatic carbocycles. The molecular formula is C14H19N3O3. The number of rotatable bonds is 4. The maximum absolute atomic E-state index is 11.3. The van der Waals surface area contributed by atoms with Gasteiger partial charge in [0, 0.05) is 17.8 Å². The number of pyridine rings is 1. The Morgan fingerprint density at radius 2 is 2.05 bits per heavy atom. The van der Waals surface area contributed by atoms with Crippen molar-refractivity contribution in [3.05, 3.63) is 23.9 Å². The molecule has 4 N–H and O–H groups in total. The predicted octanol–water partition coefficient (Wildman–Crippen LogP) is 1.63. The van der Waals surface area contributed by atoms with Crippen LogP contribution in [0.4, 0.5) is 5.82 Å². The fourth-order valence-corrected chi connectivity index (χ4v) is 2.63. The molecule has 1 aromatic rings. The molecule has 1 amide bonds. The summed E-state index contributed by atoms with van der Waals surface area (Å²) in [5.74, 6) is -1.22. The number of anilines is 1. The van der Waals surface area contributed by atoms with Gasteiger partial charge in [-0.25, -0.2) is 4.98 Å². The molecule has 0 radical (unpaired) electrons. The Balaban J connectivity index is 2.15. The minimum atomic E-state index is -0.782. The van der Waals surface area contributed by atoms with Crippen LogP contribution in [0.5, 0.6) is 0 Å². The molecule has 0 spiro atoms. The lowest BCUT2D eigenvalue weighted by atomic mass is 9.95. The van der Waals surface area contributed by atoms with E-state index in [4.69, 9.17) is 5.73 Å². The van der Waals surface area contributed by atoms with E-state index in [1.807, 2.05) is 0 Å². The average molecular weight is 277 g/mol. The van der Waals surface area contributed by atoms with E-state index in [9.17, 15) is 14.7 Å². The van der Waals surface area contributed by atoms with E-state index in [0.717, 1.165) is 25.7 Å². The largest absolute Gasteiger partial charge is 0.481 e. The highest BCUT2D eigenvalue weighted by Crippen LogP contribution is 2.26. The first-order valence-corrected chi connectivity index (χ1v) is 6.83. The lowest BCUT2D eigenvalue weighted by molar-refractivity contribution is -0.142. The van der Waals surface area contributed by atoms with E-state index in [2.05, 4.69) is 10.3 Å². The Morgan fingerprint density at radius 3 is 2.75 bits per heavy atom. The van der Waals surface area contributed by atoms with Gasteiger partial charge in [-0.3, -0.25) is 9.59 Å². The SMILES string of the molecule is NC(=O)c1ccnc(NC2CCCCCC2C(=O)O)c1. The van der Waals surface area contributed by atoms with E-state index < -0.39 is 17.8 Å². The number of carboxylic acid groups (broad SMARTS) is 1. The topological polar surface area (TPSA) is 105 Å². The molecule has 20 heavy (non-hydrogen) atoms. The van der Waals surface area contributed by atoms with E-state index in [1.54, 1.807) is 6.07 Å². The van der Waals surface area contributed by atoms with Gasteiger partial charge in [-0.2, -0.15) is 0 Å². The van der Waals surface area contributed by atoms with Crippen LogP contribution in [-0.2, 0) is 4.79 Å². The van der Waals surface area contributed by atoms with E-state index >= 15 is 0 Å². The van der Waals surface area contributed by atoms with Gasteiger partial charge < -0.3 is 16.2 Å². The molecule has 2 atom stereocenters. The molecule has 0 aliphatic heterocycles. The van der Waals surface area contributed by atoms with Crippen molar-refractivity contribution in [3.63, 3.8) is 0 Å². The van der Waals surface area contributed by atoms with Gasteiger partial charge in [0.05, 0.1) is 5.92 Å². The molecule has 2 rings (SSSR count). The number of hydrogen-bond acceptors (Lipinski definition) is 4. The van der Waals surface area contributed by atoms with Crippen molar-refractivity contribution in [2.45, 2.75) is 38.1 Å². The van der Waals surface area contributed by atoms with Crippen LogP contribution < -0.4 is 11.1 Å². The standard InChI is InChI=1S/C14H19N3O3/c15-13(18)9-6-7-16-12(8-9)17-11-5-3-1-2-4-10(11)14(19)20/h6-8,10-11H,1-5H2,(H2,15,18)(H,16,17)(H,19,20). The first-order valence-electron chi connectivity index (χ1n) is 6.83. The number of carboxylic acids is 1.